The van der Waals surface area contributed by atoms with Gasteiger partial charge in [0.25, 0.3) is 0 Å². The summed E-state index contributed by atoms with van der Waals surface area (Å²) in [7, 11) is 0. The van der Waals surface area contributed by atoms with Crippen molar-refractivity contribution in [3.8, 4) is 0 Å². The van der Waals surface area contributed by atoms with Crippen molar-refractivity contribution in [1.82, 2.24) is 9.55 Å². The summed E-state index contributed by atoms with van der Waals surface area (Å²) in [5.74, 6) is 1.10. The van der Waals surface area contributed by atoms with Crippen LogP contribution >= 0.6 is 0 Å². The quantitative estimate of drug-likeness (QED) is 0.759. The highest BCUT2D eigenvalue weighted by atomic mass is 16.5. The van der Waals surface area contributed by atoms with Crippen LogP contribution < -0.4 is 5.73 Å². The Balaban J connectivity index is 1.95. The molecule has 0 amide bonds. The molecule has 0 saturated carbocycles. The second-order valence-corrected chi connectivity index (χ2v) is 4.44. The van der Waals surface area contributed by atoms with Crippen LogP contribution in [0.1, 0.15) is 49.3 Å². The fraction of sp³-hybridized carbons (Fsp3) is 0.727. The Kier molecular flexibility index (Phi) is 2.25. The van der Waals surface area contributed by atoms with Gasteiger partial charge in [0, 0.05) is 19.2 Å². The normalized spacial score (nSPS) is 30.5. The average molecular weight is 207 g/mol. The molecular formula is C11H17N3O. The van der Waals surface area contributed by atoms with Gasteiger partial charge >= 0.3 is 0 Å². The van der Waals surface area contributed by atoms with Gasteiger partial charge < -0.3 is 15.0 Å². The van der Waals surface area contributed by atoms with Gasteiger partial charge in [-0.15, -0.1) is 0 Å². The number of ether oxygens (including phenoxy) is 1. The molecule has 15 heavy (non-hydrogen) atoms. The van der Waals surface area contributed by atoms with Crippen LogP contribution in [0.15, 0.2) is 6.20 Å². The molecule has 2 N–H and O–H groups in total. The van der Waals surface area contributed by atoms with Crippen LogP contribution in [0.25, 0.3) is 0 Å². The minimum atomic E-state index is 0.168. The predicted molar refractivity (Wildman–Crippen MR) is 56.3 cm³/mol. The zero-order valence-electron chi connectivity index (χ0n) is 8.85. The first-order valence-corrected chi connectivity index (χ1v) is 5.79. The number of aromatic nitrogens is 2. The summed E-state index contributed by atoms with van der Waals surface area (Å²) in [4.78, 5) is 4.49. The predicted octanol–water partition coefficient (Wildman–Crippen LogP) is 1.53. The number of hydrogen-bond donors (Lipinski definition) is 1. The molecule has 0 aromatic carbocycles. The molecule has 0 radical (unpaired) electrons. The first-order valence-electron chi connectivity index (χ1n) is 5.79. The van der Waals surface area contributed by atoms with Gasteiger partial charge in [0.05, 0.1) is 11.9 Å². The minimum absolute atomic E-state index is 0.168. The Hall–Kier alpha value is -0.870. The number of imidazole rings is 1. The Bertz CT molecular complexity index is 355. The first-order chi connectivity index (χ1) is 7.36. The Labute approximate surface area is 89.4 Å². The maximum absolute atomic E-state index is 6.06. The lowest BCUT2D eigenvalue weighted by atomic mass is 10.1. The fourth-order valence-electron chi connectivity index (χ4n) is 2.60. The topological polar surface area (TPSA) is 53.1 Å². The molecule has 1 saturated heterocycles. The molecule has 82 valence electrons. The summed E-state index contributed by atoms with van der Waals surface area (Å²) in [5.41, 5.74) is 7.24. The summed E-state index contributed by atoms with van der Waals surface area (Å²) in [5, 5.41) is 0. The van der Waals surface area contributed by atoms with Gasteiger partial charge in [-0.1, -0.05) is 0 Å². The van der Waals surface area contributed by atoms with Crippen LogP contribution in [0, 0.1) is 0 Å². The van der Waals surface area contributed by atoms with E-state index < -0.39 is 0 Å². The molecule has 2 atom stereocenters. The number of nitrogens with two attached hydrogens (primary N) is 1. The van der Waals surface area contributed by atoms with E-state index >= 15 is 0 Å². The highest BCUT2D eigenvalue weighted by Crippen LogP contribution is 2.32. The number of rotatable bonds is 1. The van der Waals surface area contributed by atoms with Crippen molar-refractivity contribution in [2.75, 3.05) is 6.61 Å². The van der Waals surface area contributed by atoms with E-state index in [0.29, 0.717) is 0 Å². The number of fused-ring (bicyclic) bond motifs is 1. The van der Waals surface area contributed by atoms with Gasteiger partial charge in [-0.25, -0.2) is 4.98 Å². The van der Waals surface area contributed by atoms with E-state index in [2.05, 4.69) is 9.55 Å². The van der Waals surface area contributed by atoms with Crippen molar-refractivity contribution < 1.29 is 4.74 Å². The third-order valence-corrected chi connectivity index (χ3v) is 3.41. The zero-order chi connectivity index (χ0) is 10.3. The molecule has 0 spiro atoms. The third kappa shape index (κ3) is 1.48. The Morgan fingerprint density at radius 2 is 2.33 bits per heavy atom. The molecule has 1 aromatic heterocycles. The molecule has 2 aliphatic heterocycles. The van der Waals surface area contributed by atoms with Gasteiger partial charge in [-0.3, -0.25) is 0 Å². The lowest BCUT2D eigenvalue weighted by Crippen LogP contribution is -2.23. The SMILES string of the molecule is NC1CCCn2c1cnc2C1CCCO1. The van der Waals surface area contributed by atoms with E-state index in [1.807, 2.05) is 6.20 Å². The number of hydrogen-bond acceptors (Lipinski definition) is 3. The van der Waals surface area contributed by atoms with Gasteiger partial charge in [0.2, 0.25) is 0 Å². The van der Waals surface area contributed by atoms with Crippen molar-refractivity contribution in [1.29, 1.82) is 0 Å². The van der Waals surface area contributed by atoms with Gasteiger partial charge in [-0.2, -0.15) is 0 Å². The molecule has 0 aliphatic carbocycles. The summed E-state index contributed by atoms with van der Waals surface area (Å²) in [6.07, 6.45) is 6.64. The van der Waals surface area contributed by atoms with Crippen molar-refractivity contribution in [2.45, 2.75) is 44.4 Å². The molecule has 3 heterocycles. The van der Waals surface area contributed by atoms with Crippen LogP contribution in [0.5, 0.6) is 0 Å². The van der Waals surface area contributed by atoms with Crippen LogP contribution in [0.4, 0.5) is 0 Å². The van der Waals surface area contributed by atoms with Gasteiger partial charge in [0.15, 0.2) is 0 Å². The molecule has 2 aliphatic rings. The lowest BCUT2D eigenvalue weighted by Gasteiger charge is -2.23. The summed E-state index contributed by atoms with van der Waals surface area (Å²) < 4.78 is 7.94. The highest BCUT2D eigenvalue weighted by Gasteiger charge is 2.27. The Morgan fingerprint density at radius 1 is 1.40 bits per heavy atom. The maximum atomic E-state index is 6.06. The summed E-state index contributed by atoms with van der Waals surface area (Å²) >= 11 is 0. The van der Waals surface area contributed by atoms with Crippen LogP contribution in [-0.4, -0.2) is 16.2 Å². The molecule has 1 fully saturated rings. The third-order valence-electron chi connectivity index (χ3n) is 3.41. The van der Waals surface area contributed by atoms with Crippen molar-refractivity contribution in [3.05, 3.63) is 17.7 Å². The minimum Gasteiger partial charge on any atom is -0.370 e. The lowest BCUT2D eigenvalue weighted by molar-refractivity contribution is 0.101. The van der Waals surface area contributed by atoms with Crippen LogP contribution in [0.3, 0.4) is 0 Å². The maximum Gasteiger partial charge on any atom is 0.138 e. The summed E-state index contributed by atoms with van der Waals surface area (Å²) in [6.45, 7) is 1.93. The Morgan fingerprint density at radius 3 is 3.13 bits per heavy atom. The molecule has 2 unspecified atom stereocenters. The van der Waals surface area contributed by atoms with Gasteiger partial charge in [-0.05, 0) is 25.7 Å². The first kappa shape index (κ1) is 9.36. The van der Waals surface area contributed by atoms with E-state index in [1.165, 1.54) is 5.69 Å². The molecule has 1 aromatic rings. The molecule has 4 nitrogen and oxygen atoms in total. The monoisotopic (exact) mass is 207 g/mol. The smallest absolute Gasteiger partial charge is 0.138 e. The van der Waals surface area contributed by atoms with E-state index in [-0.39, 0.29) is 12.1 Å². The zero-order valence-corrected chi connectivity index (χ0v) is 8.85. The fourth-order valence-corrected chi connectivity index (χ4v) is 2.60. The largest absolute Gasteiger partial charge is 0.370 e. The highest BCUT2D eigenvalue weighted by molar-refractivity contribution is 5.14. The van der Waals surface area contributed by atoms with E-state index in [0.717, 1.165) is 44.7 Å². The second-order valence-electron chi connectivity index (χ2n) is 4.44. The van der Waals surface area contributed by atoms with Crippen LogP contribution in [-0.2, 0) is 11.3 Å². The summed E-state index contributed by atoms with van der Waals surface area (Å²) in [6, 6.07) is 0.168. The average Bonchev–Trinajstić information content (AvgIpc) is 2.85. The molecular weight excluding hydrogens is 190 g/mol. The van der Waals surface area contributed by atoms with Crippen molar-refractivity contribution in [3.63, 3.8) is 0 Å². The molecule has 4 heteroatoms. The van der Waals surface area contributed by atoms with Crippen molar-refractivity contribution in [2.24, 2.45) is 5.73 Å². The van der Waals surface area contributed by atoms with Gasteiger partial charge in [0.1, 0.15) is 11.9 Å². The van der Waals surface area contributed by atoms with Crippen LogP contribution in [0.2, 0.25) is 0 Å². The number of nitrogens with zero attached hydrogens (tertiary/aromatic N) is 2. The van der Waals surface area contributed by atoms with Crippen molar-refractivity contribution >= 4 is 0 Å². The second kappa shape index (κ2) is 3.61. The molecule has 3 rings (SSSR count). The van der Waals surface area contributed by atoms with E-state index in [1.54, 1.807) is 0 Å². The van der Waals surface area contributed by atoms with E-state index in [9.17, 15) is 0 Å². The standard InChI is InChI=1S/C11H17N3O/c12-8-3-1-5-14-9(8)7-13-11(14)10-4-2-6-15-10/h7-8,10H,1-6,12H2. The van der Waals surface area contributed by atoms with E-state index in [4.69, 9.17) is 10.5 Å². The molecule has 0 bridgehead atoms.